The summed E-state index contributed by atoms with van der Waals surface area (Å²) in [6.07, 6.45) is 0.385. The fourth-order valence-corrected chi connectivity index (χ4v) is 3.01. The number of hydrogen-bond donors (Lipinski definition) is 1. The van der Waals surface area contributed by atoms with Gasteiger partial charge in [-0.15, -0.1) is 11.3 Å². The van der Waals surface area contributed by atoms with Crippen LogP contribution in [0.4, 0.5) is 0 Å². The Kier molecular flexibility index (Phi) is 4.66. The summed E-state index contributed by atoms with van der Waals surface area (Å²) in [6.45, 7) is 1.83. The predicted molar refractivity (Wildman–Crippen MR) is 65.2 cm³/mol. The fourth-order valence-electron chi connectivity index (χ4n) is 1.13. The molecule has 1 amide bonds. The van der Waals surface area contributed by atoms with E-state index in [9.17, 15) is 13.2 Å². The number of rotatable bonds is 5. The minimum atomic E-state index is -3.64. The molecule has 0 saturated heterocycles. The number of nitrogens with one attached hydrogen (secondary N) is 1. The molecule has 1 aromatic heterocycles. The van der Waals surface area contributed by atoms with Crippen LogP contribution in [0.1, 0.15) is 28.1 Å². The minimum Gasteiger partial charge on any atom is -0.267 e. The maximum absolute atomic E-state index is 11.6. The summed E-state index contributed by atoms with van der Waals surface area (Å²) in [7, 11) is -3.64. The maximum atomic E-state index is 11.6. The molecule has 92 valence electrons. The Bertz CT molecular complexity index is 540. The van der Waals surface area contributed by atoms with E-state index in [1.807, 2.05) is 17.7 Å². The first-order valence-corrected chi connectivity index (χ1v) is 7.45. The minimum absolute atomic E-state index is 0.160. The molecular formula is C10H12N2O3S2. The molecule has 0 aliphatic heterocycles. The van der Waals surface area contributed by atoms with E-state index >= 15 is 0 Å². The summed E-state index contributed by atoms with van der Waals surface area (Å²) >= 11 is 1.20. The van der Waals surface area contributed by atoms with Crippen LogP contribution in [0.5, 0.6) is 0 Å². The quantitative estimate of drug-likeness (QED) is 0.821. The second kappa shape index (κ2) is 5.80. The second-order valence-corrected chi connectivity index (χ2v) is 6.25. The molecule has 0 radical (unpaired) electrons. The van der Waals surface area contributed by atoms with Gasteiger partial charge in [0, 0.05) is 6.42 Å². The third-order valence-electron chi connectivity index (χ3n) is 1.90. The van der Waals surface area contributed by atoms with E-state index < -0.39 is 15.9 Å². The number of nitrogens with zero attached hydrogens (tertiary/aromatic N) is 1. The monoisotopic (exact) mass is 272 g/mol. The molecule has 1 heterocycles. The molecule has 0 aliphatic carbocycles. The third-order valence-corrected chi connectivity index (χ3v) is 4.27. The molecule has 0 atom stereocenters. The van der Waals surface area contributed by atoms with E-state index in [0.717, 1.165) is 5.56 Å². The van der Waals surface area contributed by atoms with Crippen LogP contribution in [0.15, 0.2) is 11.4 Å². The van der Waals surface area contributed by atoms with E-state index in [2.05, 4.69) is 0 Å². The van der Waals surface area contributed by atoms with Gasteiger partial charge in [0.1, 0.15) is 0 Å². The summed E-state index contributed by atoms with van der Waals surface area (Å²) < 4.78 is 24.9. The molecule has 0 spiro atoms. The van der Waals surface area contributed by atoms with Crippen molar-refractivity contribution >= 4 is 27.3 Å². The van der Waals surface area contributed by atoms with Gasteiger partial charge in [-0.05, 0) is 30.4 Å². The van der Waals surface area contributed by atoms with Crippen molar-refractivity contribution in [1.29, 1.82) is 5.26 Å². The van der Waals surface area contributed by atoms with Crippen molar-refractivity contribution in [1.82, 2.24) is 4.72 Å². The van der Waals surface area contributed by atoms with Crippen molar-refractivity contribution in [2.75, 3.05) is 5.75 Å². The number of aryl methyl sites for hydroxylation is 1. The summed E-state index contributed by atoms with van der Waals surface area (Å²) in [5, 5.41) is 10.1. The molecule has 5 nitrogen and oxygen atoms in total. The van der Waals surface area contributed by atoms with Gasteiger partial charge in [-0.2, -0.15) is 5.26 Å². The molecule has 0 fully saturated rings. The molecule has 1 N–H and O–H groups in total. The zero-order valence-corrected chi connectivity index (χ0v) is 10.9. The topological polar surface area (TPSA) is 87.0 Å². The van der Waals surface area contributed by atoms with Crippen molar-refractivity contribution < 1.29 is 13.2 Å². The molecule has 7 heteroatoms. The SMILES string of the molecule is Cc1csc(C(=O)NS(=O)(=O)CCCC#N)c1. The number of carbonyl (C=O) groups excluding carboxylic acids is 1. The van der Waals surface area contributed by atoms with E-state index in [1.54, 1.807) is 11.4 Å². The zero-order chi connectivity index (χ0) is 12.9. The highest BCUT2D eigenvalue weighted by Crippen LogP contribution is 2.13. The summed E-state index contributed by atoms with van der Waals surface area (Å²) in [4.78, 5) is 11.9. The first kappa shape index (κ1) is 13.7. The van der Waals surface area contributed by atoms with Crippen molar-refractivity contribution in [3.05, 3.63) is 21.9 Å². The van der Waals surface area contributed by atoms with Crippen LogP contribution < -0.4 is 4.72 Å². The maximum Gasteiger partial charge on any atom is 0.274 e. The smallest absolute Gasteiger partial charge is 0.267 e. The molecular weight excluding hydrogens is 260 g/mol. The van der Waals surface area contributed by atoms with E-state index in [1.165, 1.54) is 11.3 Å². The largest absolute Gasteiger partial charge is 0.274 e. The van der Waals surface area contributed by atoms with Crippen LogP contribution in [0.3, 0.4) is 0 Å². The third kappa shape index (κ3) is 4.54. The average molecular weight is 272 g/mol. The number of thiophene rings is 1. The Morgan fingerprint density at radius 3 is 2.82 bits per heavy atom. The highest BCUT2D eigenvalue weighted by molar-refractivity contribution is 7.90. The Morgan fingerprint density at radius 1 is 1.59 bits per heavy atom. The van der Waals surface area contributed by atoms with Crippen LogP contribution in [-0.2, 0) is 10.0 Å². The lowest BCUT2D eigenvalue weighted by Crippen LogP contribution is -2.32. The van der Waals surface area contributed by atoms with E-state index in [4.69, 9.17) is 5.26 Å². The fraction of sp³-hybridized carbons (Fsp3) is 0.400. The lowest BCUT2D eigenvalue weighted by Gasteiger charge is -2.03. The van der Waals surface area contributed by atoms with E-state index in [0.29, 0.717) is 4.88 Å². The highest BCUT2D eigenvalue weighted by Gasteiger charge is 2.16. The Balaban J connectivity index is 2.59. The molecule has 1 aromatic rings. The lowest BCUT2D eigenvalue weighted by atomic mass is 10.3. The van der Waals surface area contributed by atoms with Crippen molar-refractivity contribution in [2.45, 2.75) is 19.8 Å². The summed E-state index contributed by atoms with van der Waals surface area (Å²) in [5.74, 6) is -0.823. The van der Waals surface area contributed by atoms with Gasteiger partial charge in [-0.1, -0.05) is 0 Å². The molecule has 0 aromatic carbocycles. The van der Waals surface area contributed by atoms with Crippen LogP contribution in [0.25, 0.3) is 0 Å². The van der Waals surface area contributed by atoms with Gasteiger partial charge >= 0.3 is 0 Å². The molecule has 17 heavy (non-hydrogen) atoms. The van der Waals surface area contributed by atoms with Crippen LogP contribution in [-0.4, -0.2) is 20.1 Å². The molecule has 0 saturated carbocycles. The van der Waals surface area contributed by atoms with Gasteiger partial charge in [-0.25, -0.2) is 13.1 Å². The van der Waals surface area contributed by atoms with Gasteiger partial charge < -0.3 is 0 Å². The number of amides is 1. The normalized spacial score (nSPS) is 10.8. The predicted octanol–water partition coefficient (Wildman–Crippen LogP) is 1.42. The number of unbranched alkanes of at least 4 members (excludes halogenated alkanes) is 1. The number of sulfonamides is 1. The van der Waals surface area contributed by atoms with Crippen molar-refractivity contribution in [2.24, 2.45) is 0 Å². The number of nitriles is 1. The number of hydrogen-bond acceptors (Lipinski definition) is 5. The highest BCUT2D eigenvalue weighted by atomic mass is 32.2. The standard InChI is InChI=1S/C10H12N2O3S2/c1-8-6-9(16-7-8)10(13)12-17(14,15)5-3-2-4-11/h6-7H,2-3,5H2,1H3,(H,12,13). The lowest BCUT2D eigenvalue weighted by molar-refractivity contribution is 0.0985. The Morgan fingerprint density at radius 2 is 2.29 bits per heavy atom. The summed E-state index contributed by atoms with van der Waals surface area (Å²) in [6, 6.07) is 3.48. The van der Waals surface area contributed by atoms with Gasteiger partial charge in [0.05, 0.1) is 16.7 Å². The molecule has 0 unspecified atom stereocenters. The number of carbonyl (C=O) groups is 1. The van der Waals surface area contributed by atoms with E-state index in [-0.39, 0.29) is 18.6 Å². The van der Waals surface area contributed by atoms with Crippen molar-refractivity contribution in [3.63, 3.8) is 0 Å². The van der Waals surface area contributed by atoms with Crippen molar-refractivity contribution in [3.8, 4) is 6.07 Å². The van der Waals surface area contributed by atoms with Gasteiger partial charge in [-0.3, -0.25) is 4.79 Å². The first-order chi connectivity index (χ1) is 7.94. The molecule has 0 aliphatic rings. The first-order valence-electron chi connectivity index (χ1n) is 4.91. The average Bonchev–Trinajstić information content (AvgIpc) is 2.64. The van der Waals surface area contributed by atoms with Gasteiger partial charge in [0.2, 0.25) is 10.0 Å². The molecule has 0 bridgehead atoms. The zero-order valence-electron chi connectivity index (χ0n) is 9.26. The van der Waals surface area contributed by atoms with Crippen LogP contribution in [0.2, 0.25) is 0 Å². The summed E-state index contributed by atoms with van der Waals surface area (Å²) in [5.41, 5.74) is 0.919. The van der Waals surface area contributed by atoms with Gasteiger partial charge in [0.15, 0.2) is 0 Å². The Hall–Kier alpha value is -1.39. The molecule has 1 rings (SSSR count). The van der Waals surface area contributed by atoms with Crippen LogP contribution >= 0.6 is 11.3 Å². The Labute approximate surface area is 104 Å². The second-order valence-electron chi connectivity index (χ2n) is 3.50. The van der Waals surface area contributed by atoms with Gasteiger partial charge in [0.25, 0.3) is 5.91 Å². The van der Waals surface area contributed by atoms with Crippen LogP contribution in [0, 0.1) is 18.3 Å².